The van der Waals surface area contributed by atoms with Crippen molar-refractivity contribution in [2.45, 2.75) is 13.3 Å². The van der Waals surface area contributed by atoms with Gasteiger partial charge in [-0.2, -0.15) is 10.1 Å². The van der Waals surface area contributed by atoms with Crippen LogP contribution in [-0.4, -0.2) is 33.5 Å². The van der Waals surface area contributed by atoms with Crippen LogP contribution < -0.4 is 0 Å². The normalized spacial score (nSPS) is 29.5. The van der Waals surface area contributed by atoms with E-state index in [2.05, 4.69) is 17.3 Å². The molecule has 2 fully saturated rings. The number of nitrogens with zero attached hydrogens (tertiary/aromatic N) is 3. The van der Waals surface area contributed by atoms with E-state index in [1.165, 1.54) is 13.1 Å². The summed E-state index contributed by atoms with van der Waals surface area (Å²) in [5, 5.41) is 6.10. The van der Waals surface area contributed by atoms with E-state index in [9.17, 15) is 14.4 Å². The summed E-state index contributed by atoms with van der Waals surface area (Å²) < 4.78 is 1.54. The molecule has 6 heteroatoms. The number of imide groups is 1. The molecule has 5 rings (SSSR count). The second-order valence-corrected chi connectivity index (χ2v) is 7.22. The smallest absolute Gasteiger partial charge is 0.254 e. The van der Waals surface area contributed by atoms with Crippen molar-refractivity contribution in [1.29, 1.82) is 0 Å². The van der Waals surface area contributed by atoms with E-state index in [0.29, 0.717) is 5.56 Å². The third-order valence-corrected chi connectivity index (χ3v) is 5.84. The van der Waals surface area contributed by atoms with Gasteiger partial charge in [-0.25, -0.2) is 0 Å². The first kappa shape index (κ1) is 15.3. The van der Waals surface area contributed by atoms with Gasteiger partial charge in [0.1, 0.15) is 0 Å². The lowest BCUT2D eigenvalue weighted by Crippen LogP contribution is -2.28. The van der Waals surface area contributed by atoms with E-state index < -0.39 is 0 Å². The number of carbonyl (C=O) groups is 3. The summed E-state index contributed by atoms with van der Waals surface area (Å²) in [4.78, 5) is 37.2. The number of benzene rings is 1. The van der Waals surface area contributed by atoms with Crippen molar-refractivity contribution in [1.82, 2.24) is 9.58 Å². The van der Waals surface area contributed by atoms with Crippen LogP contribution in [0, 0.1) is 23.7 Å². The topological polar surface area (TPSA) is 71.7 Å². The molecule has 1 saturated carbocycles. The molecule has 0 radical (unpaired) electrons. The number of carbonyl (C=O) groups excluding carboxylic acids is 3. The molecule has 3 aliphatic rings. The highest BCUT2D eigenvalue weighted by Crippen LogP contribution is 2.52. The summed E-state index contributed by atoms with van der Waals surface area (Å²) in [5.74, 6) is -0.692. The Morgan fingerprint density at radius 2 is 1.77 bits per heavy atom. The molecule has 2 amide bonds. The van der Waals surface area contributed by atoms with Gasteiger partial charge in [0.25, 0.3) is 11.8 Å². The Morgan fingerprint density at radius 1 is 1.12 bits per heavy atom. The molecule has 0 N–H and O–H groups in total. The molecule has 2 bridgehead atoms. The maximum atomic E-state index is 12.7. The number of aromatic nitrogens is 1. The van der Waals surface area contributed by atoms with Gasteiger partial charge in [0, 0.05) is 24.1 Å². The largest absolute Gasteiger partial charge is 0.287 e. The van der Waals surface area contributed by atoms with Crippen molar-refractivity contribution in [3.63, 3.8) is 0 Å². The summed E-state index contributed by atoms with van der Waals surface area (Å²) in [7, 11) is 0. The number of allylic oxidation sites excluding steroid dienone is 2. The second kappa shape index (κ2) is 5.24. The van der Waals surface area contributed by atoms with Gasteiger partial charge in [0.05, 0.1) is 23.6 Å². The number of hydrogen-bond donors (Lipinski definition) is 0. The fourth-order valence-electron chi connectivity index (χ4n) is 4.69. The average Bonchev–Trinajstić information content (AvgIpc) is 3.37. The van der Waals surface area contributed by atoms with Crippen LogP contribution in [0.5, 0.6) is 0 Å². The van der Waals surface area contributed by atoms with Gasteiger partial charge in [-0.3, -0.25) is 19.0 Å². The molecule has 1 aliphatic heterocycles. The van der Waals surface area contributed by atoms with Gasteiger partial charge in [-0.1, -0.05) is 30.4 Å². The standard InChI is InChI=1S/C20H17N3O3/c1-11(24)22-10-14(15-4-2-3-5-16(15)22)9-21-23-19(25)17-12-6-7-13(8-12)18(17)20(23)26/h2-7,9-10,12-13,17-18H,8H2,1H3/t12-,13-,17-,18+/m0/s1. The van der Waals surface area contributed by atoms with E-state index in [1.807, 2.05) is 24.3 Å². The third kappa shape index (κ3) is 1.92. The van der Waals surface area contributed by atoms with Crippen molar-refractivity contribution in [2.75, 3.05) is 0 Å². The zero-order valence-electron chi connectivity index (χ0n) is 14.2. The molecule has 2 heterocycles. The van der Waals surface area contributed by atoms with Gasteiger partial charge in [-0.15, -0.1) is 0 Å². The summed E-state index contributed by atoms with van der Waals surface area (Å²) in [6.45, 7) is 1.49. The van der Waals surface area contributed by atoms with Crippen LogP contribution in [0.2, 0.25) is 0 Å². The molecule has 4 atom stereocenters. The maximum absolute atomic E-state index is 12.7. The summed E-state index contributed by atoms with van der Waals surface area (Å²) in [5.41, 5.74) is 1.48. The predicted octanol–water partition coefficient (Wildman–Crippen LogP) is 2.44. The predicted molar refractivity (Wildman–Crippen MR) is 95.4 cm³/mol. The minimum atomic E-state index is -0.256. The highest BCUT2D eigenvalue weighted by atomic mass is 16.2. The Morgan fingerprint density at radius 3 is 2.42 bits per heavy atom. The van der Waals surface area contributed by atoms with Crippen LogP contribution in [0.25, 0.3) is 10.9 Å². The van der Waals surface area contributed by atoms with Crippen LogP contribution in [0.3, 0.4) is 0 Å². The lowest BCUT2D eigenvalue weighted by Gasteiger charge is -2.13. The van der Waals surface area contributed by atoms with E-state index in [1.54, 1.807) is 10.8 Å². The fraction of sp³-hybridized carbons (Fsp3) is 0.300. The molecule has 6 nitrogen and oxygen atoms in total. The first-order chi connectivity index (χ1) is 12.6. The van der Waals surface area contributed by atoms with E-state index >= 15 is 0 Å². The highest BCUT2D eigenvalue weighted by Gasteiger charge is 2.59. The SMILES string of the molecule is CC(=O)n1cc(C=NN2C(=O)[C@@H]3[C@H](C2=O)[C@H]2C=C[C@H]3C2)c2ccccc21. The maximum Gasteiger partial charge on any atom is 0.254 e. The highest BCUT2D eigenvalue weighted by molar-refractivity contribution is 6.08. The zero-order valence-corrected chi connectivity index (χ0v) is 14.2. The first-order valence-corrected chi connectivity index (χ1v) is 8.77. The Labute approximate surface area is 149 Å². The molecular weight excluding hydrogens is 330 g/mol. The lowest BCUT2D eigenvalue weighted by atomic mass is 9.85. The van der Waals surface area contributed by atoms with E-state index in [0.717, 1.165) is 22.3 Å². The van der Waals surface area contributed by atoms with Gasteiger partial charge in [-0.05, 0) is 24.3 Å². The number of hydrogen-bond acceptors (Lipinski definition) is 4. The quantitative estimate of drug-likeness (QED) is 0.476. The van der Waals surface area contributed by atoms with Crippen molar-refractivity contribution < 1.29 is 14.4 Å². The van der Waals surface area contributed by atoms with Gasteiger partial charge < -0.3 is 0 Å². The molecule has 0 spiro atoms. The molecule has 26 heavy (non-hydrogen) atoms. The molecule has 2 aromatic rings. The van der Waals surface area contributed by atoms with Crippen molar-refractivity contribution in [3.8, 4) is 0 Å². The summed E-state index contributed by atoms with van der Waals surface area (Å²) in [6, 6.07) is 7.49. The zero-order chi connectivity index (χ0) is 18.0. The Balaban J connectivity index is 1.50. The number of rotatable bonds is 2. The van der Waals surface area contributed by atoms with E-state index in [4.69, 9.17) is 0 Å². The van der Waals surface area contributed by atoms with Crippen molar-refractivity contribution >= 4 is 34.8 Å². The fourth-order valence-corrected chi connectivity index (χ4v) is 4.69. The number of para-hydroxylation sites is 1. The van der Waals surface area contributed by atoms with Crippen LogP contribution >= 0.6 is 0 Å². The summed E-state index contributed by atoms with van der Waals surface area (Å²) in [6.07, 6.45) is 8.22. The minimum Gasteiger partial charge on any atom is -0.287 e. The molecule has 2 aliphatic carbocycles. The molecular formula is C20H17N3O3. The van der Waals surface area contributed by atoms with Crippen LogP contribution in [-0.2, 0) is 9.59 Å². The second-order valence-electron chi connectivity index (χ2n) is 7.22. The first-order valence-electron chi connectivity index (χ1n) is 8.77. The molecule has 130 valence electrons. The summed E-state index contributed by atoms with van der Waals surface area (Å²) >= 11 is 0. The lowest BCUT2D eigenvalue weighted by molar-refractivity contribution is -0.140. The monoisotopic (exact) mass is 347 g/mol. The third-order valence-electron chi connectivity index (χ3n) is 5.84. The van der Waals surface area contributed by atoms with Gasteiger partial charge in [0.2, 0.25) is 5.91 Å². The van der Waals surface area contributed by atoms with Gasteiger partial charge >= 0.3 is 0 Å². The number of amides is 2. The number of fused-ring (bicyclic) bond motifs is 6. The molecule has 1 aromatic carbocycles. The molecule has 0 unspecified atom stereocenters. The number of hydrazone groups is 1. The Kier molecular flexibility index (Phi) is 3.07. The van der Waals surface area contributed by atoms with Crippen LogP contribution in [0.1, 0.15) is 23.7 Å². The van der Waals surface area contributed by atoms with Crippen LogP contribution in [0.15, 0.2) is 47.7 Å². The van der Waals surface area contributed by atoms with Crippen molar-refractivity contribution in [2.24, 2.45) is 28.8 Å². The van der Waals surface area contributed by atoms with Crippen LogP contribution in [0.4, 0.5) is 0 Å². The minimum absolute atomic E-state index is 0.105. The van der Waals surface area contributed by atoms with Crippen molar-refractivity contribution in [3.05, 3.63) is 48.2 Å². The molecule has 1 saturated heterocycles. The average molecular weight is 347 g/mol. The Hall–Kier alpha value is -3.02. The van der Waals surface area contributed by atoms with E-state index in [-0.39, 0.29) is 41.4 Å². The molecule has 1 aromatic heterocycles. The van der Waals surface area contributed by atoms with Gasteiger partial charge in [0.15, 0.2) is 0 Å². The Bertz CT molecular complexity index is 1000.